The molecule has 0 saturated heterocycles. The molecule has 44 heavy (non-hydrogen) atoms. The lowest BCUT2D eigenvalue weighted by molar-refractivity contribution is -0.143. The summed E-state index contributed by atoms with van der Waals surface area (Å²) in [5, 5.41) is 3.36. The Balaban J connectivity index is 1.42. The van der Waals surface area contributed by atoms with Gasteiger partial charge in [0.05, 0.1) is 31.1 Å². The second kappa shape index (κ2) is 15.3. The number of hydrogen-bond acceptors (Lipinski definition) is 9. The third kappa shape index (κ3) is 8.18. The summed E-state index contributed by atoms with van der Waals surface area (Å²) in [6.45, 7) is 2.46. The van der Waals surface area contributed by atoms with Crippen molar-refractivity contribution in [2.45, 2.75) is 39.2 Å². The number of rotatable bonds is 14. The summed E-state index contributed by atoms with van der Waals surface area (Å²) < 4.78 is 11.8. The van der Waals surface area contributed by atoms with Crippen LogP contribution >= 0.6 is 0 Å². The predicted molar refractivity (Wildman–Crippen MR) is 168 cm³/mol. The highest BCUT2D eigenvalue weighted by molar-refractivity contribution is 6.07. The van der Waals surface area contributed by atoms with Crippen LogP contribution in [0, 0.1) is 0 Å². The van der Waals surface area contributed by atoms with Crippen molar-refractivity contribution >= 4 is 46.2 Å². The van der Waals surface area contributed by atoms with Crippen molar-refractivity contribution in [3.63, 3.8) is 0 Å². The Morgan fingerprint density at radius 1 is 1.02 bits per heavy atom. The topological polar surface area (TPSA) is 154 Å². The minimum absolute atomic E-state index is 0.0371. The maximum absolute atomic E-state index is 13.5. The van der Waals surface area contributed by atoms with E-state index in [9.17, 15) is 14.4 Å². The van der Waals surface area contributed by atoms with Crippen molar-refractivity contribution in [2.24, 2.45) is 17.8 Å². The first kappa shape index (κ1) is 31.7. The molecule has 230 valence electrons. The maximum atomic E-state index is 13.5. The summed E-state index contributed by atoms with van der Waals surface area (Å²) in [7, 11) is 3.23. The van der Waals surface area contributed by atoms with Gasteiger partial charge in [0.1, 0.15) is 17.5 Å². The van der Waals surface area contributed by atoms with Gasteiger partial charge >= 0.3 is 11.9 Å². The smallest absolute Gasteiger partial charge is 0.307 e. The number of hydrogen-bond donors (Lipinski definition) is 2. The number of nitrogens with one attached hydrogen (secondary N) is 1. The lowest BCUT2D eigenvalue weighted by Gasteiger charge is -2.21. The summed E-state index contributed by atoms with van der Waals surface area (Å²) >= 11 is 0. The number of esters is 2. The molecular formula is C32H37N7O5. The summed E-state index contributed by atoms with van der Waals surface area (Å²) in [6, 6.07) is 18.0. The number of aromatic nitrogens is 3. The number of unbranched alkanes of at least 4 members (excludes halogenated alkanes) is 1. The molecule has 2 aromatic carbocycles. The van der Waals surface area contributed by atoms with Gasteiger partial charge in [-0.2, -0.15) is 0 Å². The number of carbonyl (C=O) groups excluding carboxylic acids is 3. The average molecular weight is 600 g/mol. The predicted octanol–water partition coefficient (Wildman–Crippen LogP) is 4.19. The highest BCUT2D eigenvalue weighted by Gasteiger charge is 2.21. The van der Waals surface area contributed by atoms with Crippen LogP contribution in [0.1, 0.15) is 54.4 Å². The van der Waals surface area contributed by atoms with Crippen LogP contribution in [0.4, 0.5) is 11.5 Å². The van der Waals surface area contributed by atoms with Gasteiger partial charge in [-0.3, -0.25) is 19.3 Å². The number of nitrogens with zero attached hydrogens (tertiary/aromatic N) is 5. The zero-order valence-electron chi connectivity index (χ0n) is 25.2. The number of ether oxygens (including phenoxy) is 2. The molecule has 0 unspecified atom stereocenters. The van der Waals surface area contributed by atoms with Crippen LogP contribution < -0.4 is 16.0 Å². The lowest BCUT2D eigenvalue weighted by Crippen LogP contribution is -2.33. The first-order valence-electron chi connectivity index (χ1n) is 14.4. The van der Waals surface area contributed by atoms with E-state index >= 15 is 0 Å². The molecule has 2 aromatic heterocycles. The van der Waals surface area contributed by atoms with Gasteiger partial charge < -0.3 is 25.1 Å². The number of methoxy groups -OCH3 is 1. The fourth-order valence-corrected chi connectivity index (χ4v) is 4.43. The molecule has 4 aromatic rings. The number of imidazole rings is 1. The molecule has 0 saturated carbocycles. The molecule has 0 bridgehead atoms. The molecule has 0 aliphatic rings. The molecule has 2 heterocycles. The van der Waals surface area contributed by atoms with Crippen LogP contribution in [0.2, 0.25) is 0 Å². The zero-order chi connectivity index (χ0) is 31.5. The molecule has 12 heteroatoms. The molecule has 0 fully saturated rings. The second-order valence-electron chi connectivity index (χ2n) is 9.98. The molecule has 12 nitrogen and oxygen atoms in total. The first-order chi connectivity index (χ1) is 21.3. The first-order valence-corrected chi connectivity index (χ1v) is 14.4. The molecule has 4 rings (SSSR count). The Morgan fingerprint density at radius 2 is 1.80 bits per heavy atom. The molecule has 0 aliphatic heterocycles. The number of fused-ring (bicyclic) bond motifs is 1. The Hall–Kier alpha value is -5.26. The van der Waals surface area contributed by atoms with Gasteiger partial charge in [0.15, 0.2) is 6.73 Å². The van der Waals surface area contributed by atoms with Gasteiger partial charge in [0, 0.05) is 43.0 Å². The molecule has 1 amide bonds. The third-order valence-corrected chi connectivity index (χ3v) is 6.98. The fraction of sp³-hybridized carbons (Fsp3) is 0.312. The SMILES string of the molecule is CCCCC(=O)OC/N=C(\N)c1ccc(NCc2nc3cc(C(=O)N(CCC(=O)OC)c4ccccn4)ccc3n2C)cc1. The Morgan fingerprint density at radius 3 is 2.50 bits per heavy atom. The van der Waals surface area contributed by atoms with Crippen LogP contribution in [0.25, 0.3) is 11.0 Å². The number of anilines is 2. The zero-order valence-corrected chi connectivity index (χ0v) is 25.2. The minimum atomic E-state index is -0.414. The quantitative estimate of drug-likeness (QED) is 0.123. The minimum Gasteiger partial charge on any atom is -0.469 e. The van der Waals surface area contributed by atoms with E-state index in [4.69, 9.17) is 20.2 Å². The van der Waals surface area contributed by atoms with Gasteiger partial charge in [0.2, 0.25) is 0 Å². The van der Waals surface area contributed by atoms with E-state index < -0.39 is 5.97 Å². The summed E-state index contributed by atoms with van der Waals surface area (Å²) in [4.78, 5) is 51.6. The average Bonchev–Trinajstić information content (AvgIpc) is 3.37. The number of amidine groups is 1. The highest BCUT2D eigenvalue weighted by atomic mass is 16.5. The Bertz CT molecular complexity index is 1620. The summed E-state index contributed by atoms with van der Waals surface area (Å²) in [5.74, 6) is 0.506. The van der Waals surface area contributed by atoms with Crippen LogP contribution in [0.5, 0.6) is 0 Å². The fourth-order valence-electron chi connectivity index (χ4n) is 4.43. The molecule has 0 atom stereocenters. The second-order valence-corrected chi connectivity index (χ2v) is 9.98. The van der Waals surface area contributed by atoms with Gasteiger partial charge in [-0.05, 0) is 61.0 Å². The number of benzene rings is 2. The number of amides is 1. The van der Waals surface area contributed by atoms with E-state index in [-0.39, 0.29) is 37.4 Å². The number of nitrogens with two attached hydrogens (primary N) is 1. The van der Waals surface area contributed by atoms with Crippen molar-refractivity contribution in [2.75, 3.05) is 30.6 Å². The summed E-state index contributed by atoms with van der Waals surface area (Å²) in [6.07, 6.45) is 3.72. The van der Waals surface area contributed by atoms with E-state index in [2.05, 4.69) is 15.3 Å². The van der Waals surface area contributed by atoms with Gasteiger partial charge in [0.25, 0.3) is 5.91 Å². The monoisotopic (exact) mass is 599 g/mol. The molecule has 0 aliphatic carbocycles. The van der Waals surface area contributed by atoms with Crippen LogP contribution in [-0.2, 0) is 32.7 Å². The van der Waals surface area contributed by atoms with Gasteiger partial charge in [-0.25, -0.2) is 15.0 Å². The Labute approximate surface area is 255 Å². The number of pyridine rings is 1. The number of aliphatic imine (C=N–C) groups is 1. The number of carbonyl (C=O) groups is 3. The van der Waals surface area contributed by atoms with Crippen molar-refractivity contribution < 1.29 is 23.9 Å². The van der Waals surface area contributed by atoms with Gasteiger partial charge in [-0.1, -0.05) is 19.4 Å². The van der Waals surface area contributed by atoms with Crippen LogP contribution in [-0.4, -0.2) is 58.6 Å². The van der Waals surface area contributed by atoms with E-state index in [1.165, 1.54) is 12.0 Å². The molecular weight excluding hydrogens is 562 g/mol. The lowest BCUT2D eigenvalue weighted by atomic mass is 10.1. The molecule has 0 radical (unpaired) electrons. The van der Waals surface area contributed by atoms with Crippen LogP contribution in [0.3, 0.4) is 0 Å². The van der Waals surface area contributed by atoms with Crippen molar-refractivity contribution in [1.29, 1.82) is 0 Å². The summed E-state index contributed by atoms with van der Waals surface area (Å²) in [5.41, 5.74) is 9.58. The standard InChI is InChI=1S/C32H37N7O5/c1-4-5-9-30(41)44-21-36-31(33)22-10-13-24(14-11-22)35-20-28-37-25-19-23(12-15-26(25)38(28)2)32(42)39(18-16-29(40)43-3)27-8-6-7-17-34-27/h6-8,10-15,17,19,35H,4-5,9,16,18,20-21H2,1-3H3,(H2,33,36). The van der Waals surface area contributed by atoms with E-state index in [0.717, 1.165) is 29.9 Å². The Kier molecular flexibility index (Phi) is 11.0. The normalized spacial score (nSPS) is 11.3. The molecule has 0 spiro atoms. The van der Waals surface area contributed by atoms with Gasteiger partial charge in [-0.15, -0.1) is 0 Å². The largest absolute Gasteiger partial charge is 0.469 e. The van der Waals surface area contributed by atoms with Crippen LogP contribution in [0.15, 0.2) is 71.9 Å². The van der Waals surface area contributed by atoms with E-state index in [1.54, 1.807) is 36.5 Å². The highest BCUT2D eigenvalue weighted by Crippen LogP contribution is 2.21. The number of aryl methyl sites for hydroxylation is 1. The van der Waals surface area contributed by atoms with E-state index in [0.29, 0.717) is 35.4 Å². The van der Waals surface area contributed by atoms with Crippen molar-refractivity contribution in [1.82, 2.24) is 14.5 Å². The molecule has 3 N–H and O–H groups in total. The van der Waals surface area contributed by atoms with Crippen molar-refractivity contribution in [3.05, 3.63) is 83.8 Å². The maximum Gasteiger partial charge on any atom is 0.307 e. The van der Waals surface area contributed by atoms with E-state index in [1.807, 2.05) is 48.9 Å². The third-order valence-electron chi connectivity index (χ3n) is 6.98. The van der Waals surface area contributed by atoms with Crippen molar-refractivity contribution in [3.8, 4) is 0 Å².